The molecule has 3 N–H and O–H groups in total. The van der Waals surface area contributed by atoms with Gasteiger partial charge < -0.3 is 15.5 Å². The molecular formula is C4H9NO3. The summed E-state index contributed by atoms with van der Waals surface area (Å²) >= 11 is 0. The van der Waals surface area contributed by atoms with Gasteiger partial charge in [-0.2, -0.15) is 0 Å². The van der Waals surface area contributed by atoms with Crippen molar-refractivity contribution in [2.24, 2.45) is 0 Å². The Morgan fingerprint density at radius 3 is 2.50 bits per heavy atom. The van der Waals surface area contributed by atoms with Gasteiger partial charge in [-0.05, 0) is 7.05 Å². The van der Waals surface area contributed by atoms with Gasteiger partial charge in [0.05, 0.1) is 0 Å². The Labute approximate surface area is 47.1 Å². The number of hydrogen-bond donors (Lipinski definition) is 3. The standard InChI is InChI=1S/C4H9NO3/c1-5-2-3(6)4(7)8/h3,5-6H,2H2,1H3,(H,7,8). The summed E-state index contributed by atoms with van der Waals surface area (Å²) in [5.41, 5.74) is 0. The average molecular weight is 119 g/mol. The number of hydrogen-bond acceptors (Lipinski definition) is 3. The van der Waals surface area contributed by atoms with Crippen LogP contribution in [0.25, 0.3) is 0 Å². The van der Waals surface area contributed by atoms with E-state index in [2.05, 4.69) is 5.32 Å². The molecule has 0 aromatic rings. The van der Waals surface area contributed by atoms with E-state index in [1.807, 2.05) is 0 Å². The number of aliphatic hydroxyl groups is 1. The monoisotopic (exact) mass is 119 g/mol. The number of aliphatic hydroxyl groups excluding tert-OH is 1. The summed E-state index contributed by atoms with van der Waals surface area (Å²) in [5.74, 6) is -1.20. The van der Waals surface area contributed by atoms with Gasteiger partial charge in [-0.1, -0.05) is 0 Å². The maximum Gasteiger partial charge on any atom is 0.333 e. The normalized spacial score (nSPS) is 13.2. The molecule has 0 aromatic heterocycles. The van der Waals surface area contributed by atoms with Crippen LogP contribution in [0.15, 0.2) is 0 Å². The van der Waals surface area contributed by atoms with Crippen LogP contribution < -0.4 is 5.32 Å². The first kappa shape index (κ1) is 7.39. The number of carboxylic acids is 1. The molecule has 1 unspecified atom stereocenters. The van der Waals surface area contributed by atoms with Crippen LogP contribution >= 0.6 is 0 Å². The molecule has 0 spiro atoms. The lowest BCUT2D eigenvalue weighted by atomic mass is 10.4. The topological polar surface area (TPSA) is 69.6 Å². The SMILES string of the molecule is CNCC(O)C(=O)O. The second-order valence-corrected chi connectivity index (χ2v) is 1.41. The lowest BCUT2D eigenvalue weighted by molar-refractivity contribution is -0.146. The van der Waals surface area contributed by atoms with E-state index in [4.69, 9.17) is 10.2 Å². The molecule has 4 heteroatoms. The van der Waals surface area contributed by atoms with Crippen molar-refractivity contribution in [3.63, 3.8) is 0 Å². The van der Waals surface area contributed by atoms with E-state index in [9.17, 15) is 4.79 Å². The minimum absolute atomic E-state index is 0.0926. The zero-order valence-electron chi connectivity index (χ0n) is 4.59. The predicted molar refractivity (Wildman–Crippen MR) is 27.6 cm³/mol. The van der Waals surface area contributed by atoms with E-state index in [0.29, 0.717) is 0 Å². The Balaban J connectivity index is 3.32. The number of rotatable bonds is 3. The zero-order chi connectivity index (χ0) is 6.57. The summed E-state index contributed by atoms with van der Waals surface area (Å²) in [6, 6.07) is 0. The van der Waals surface area contributed by atoms with Crippen LogP contribution in [0.2, 0.25) is 0 Å². The highest BCUT2D eigenvalue weighted by Gasteiger charge is 2.09. The van der Waals surface area contributed by atoms with E-state index in [1.54, 1.807) is 7.05 Å². The average Bonchev–Trinajstić information content (AvgIpc) is 1.67. The number of likely N-dealkylation sites (N-methyl/N-ethyl adjacent to an activating group) is 1. The van der Waals surface area contributed by atoms with Crippen molar-refractivity contribution >= 4 is 5.97 Å². The molecule has 8 heavy (non-hydrogen) atoms. The molecule has 48 valence electrons. The van der Waals surface area contributed by atoms with Crippen molar-refractivity contribution in [3.05, 3.63) is 0 Å². The van der Waals surface area contributed by atoms with Gasteiger partial charge in [-0.15, -0.1) is 0 Å². The summed E-state index contributed by atoms with van der Waals surface area (Å²) in [4.78, 5) is 9.80. The van der Waals surface area contributed by atoms with E-state index in [0.717, 1.165) is 0 Å². The molecule has 0 aliphatic heterocycles. The fourth-order valence-corrected chi connectivity index (χ4v) is 0.281. The van der Waals surface area contributed by atoms with Crippen LogP contribution in [-0.2, 0) is 4.79 Å². The molecule has 0 aliphatic rings. The Hall–Kier alpha value is -0.610. The van der Waals surface area contributed by atoms with Crippen molar-refractivity contribution in [2.75, 3.05) is 13.6 Å². The van der Waals surface area contributed by atoms with Crippen LogP contribution in [0.3, 0.4) is 0 Å². The number of carbonyl (C=O) groups is 1. The molecule has 0 bridgehead atoms. The van der Waals surface area contributed by atoms with Gasteiger partial charge in [-0.3, -0.25) is 0 Å². The lowest BCUT2D eigenvalue weighted by Crippen LogP contribution is -2.30. The second-order valence-electron chi connectivity index (χ2n) is 1.41. The summed E-state index contributed by atoms with van der Waals surface area (Å²) in [6.45, 7) is 0.0926. The fourth-order valence-electron chi connectivity index (χ4n) is 0.281. The third kappa shape index (κ3) is 2.54. The fraction of sp³-hybridized carbons (Fsp3) is 0.750. The van der Waals surface area contributed by atoms with Gasteiger partial charge in [0, 0.05) is 6.54 Å². The highest BCUT2D eigenvalue weighted by Crippen LogP contribution is 1.76. The smallest absolute Gasteiger partial charge is 0.333 e. The zero-order valence-corrected chi connectivity index (χ0v) is 4.59. The minimum Gasteiger partial charge on any atom is -0.479 e. The molecule has 0 amide bonds. The first-order valence-corrected chi connectivity index (χ1v) is 2.24. The van der Waals surface area contributed by atoms with Crippen LogP contribution in [0.4, 0.5) is 0 Å². The summed E-state index contributed by atoms with van der Waals surface area (Å²) < 4.78 is 0. The maximum absolute atomic E-state index is 9.80. The van der Waals surface area contributed by atoms with Crippen LogP contribution in [0.1, 0.15) is 0 Å². The van der Waals surface area contributed by atoms with Gasteiger partial charge in [-0.25, -0.2) is 4.79 Å². The molecule has 4 nitrogen and oxygen atoms in total. The molecule has 0 heterocycles. The van der Waals surface area contributed by atoms with Crippen molar-refractivity contribution in [1.29, 1.82) is 0 Å². The van der Waals surface area contributed by atoms with Crippen molar-refractivity contribution in [1.82, 2.24) is 5.32 Å². The molecule has 0 fully saturated rings. The first-order chi connectivity index (χ1) is 3.68. The molecule has 1 atom stereocenters. The van der Waals surface area contributed by atoms with Crippen molar-refractivity contribution in [3.8, 4) is 0 Å². The van der Waals surface area contributed by atoms with E-state index in [1.165, 1.54) is 0 Å². The number of aliphatic carboxylic acids is 1. The van der Waals surface area contributed by atoms with Crippen LogP contribution in [0, 0.1) is 0 Å². The summed E-state index contributed by atoms with van der Waals surface area (Å²) in [6.07, 6.45) is -1.28. The first-order valence-electron chi connectivity index (χ1n) is 2.24. The summed E-state index contributed by atoms with van der Waals surface area (Å²) in [5, 5.41) is 19.0. The van der Waals surface area contributed by atoms with Gasteiger partial charge in [0.1, 0.15) is 0 Å². The molecular weight excluding hydrogens is 110 g/mol. The maximum atomic E-state index is 9.80. The molecule has 0 radical (unpaired) electrons. The minimum atomic E-state index is -1.28. The third-order valence-electron chi connectivity index (χ3n) is 0.683. The molecule has 0 aliphatic carbocycles. The summed E-state index contributed by atoms with van der Waals surface area (Å²) in [7, 11) is 1.58. The molecule has 0 saturated heterocycles. The third-order valence-corrected chi connectivity index (χ3v) is 0.683. The van der Waals surface area contributed by atoms with Gasteiger partial charge >= 0.3 is 5.97 Å². The quantitative estimate of drug-likeness (QED) is 0.429. The van der Waals surface area contributed by atoms with Gasteiger partial charge in [0.25, 0.3) is 0 Å². The number of carboxylic acid groups (broad SMARTS) is 1. The highest BCUT2D eigenvalue weighted by atomic mass is 16.4. The molecule has 0 aromatic carbocycles. The highest BCUT2D eigenvalue weighted by molar-refractivity contribution is 5.72. The molecule has 0 saturated carbocycles. The van der Waals surface area contributed by atoms with Crippen molar-refractivity contribution in [2.45, 2.75) is 6.10 Å². The van der Waals surface area contributed by atoms with E-state index < -0.39 is 12.1 Å². The van der Waals surface area contributed by atoms with E-state index >= 15 is 0 Å². The largest absolute Gasteiger partial charge is 0.479 e. The predicted octanol–water partition coefficient (Wildman–Crippen LogP) is -1.35. The van der Waals surface area contributed by atoms with Crippen LogP contribution in [-0.4, -0.2) is 35.9 Å². The van der Waals surface area contributed by atoms with Gasteiger partial charge in [0.2, 0.25) is 0 Å². The number of nitrogens with one attached hydrogen (secondary N) is 1. The van der Waals surface area contributed by atoms with Crippen molar-refractivity contribution < 1.29 is 15.0 Å². The van der Waals surface area contributed by atoms with Gasteiger partial charge in [0.15, 0.2) is 6.10 Å². The Morgan fingerprint density at radius 2 is 2.38 bits per heavy atom. The Morgan fingerprint density at radius 1 is 1.88 bits per heavy atom. The Bertz CT molecular complexity index is 83.4. The molecule has 0 rings (SSSR count). The van der Waals surface area contributed by atoms with E-state index in [-0.39, 0.29) is 6.54 Å². The van der Waals surface area contributed by atoms with Crippen LogP contribution in [0.5, 0.6) is 0 Å². The Kier molecular flexibility index (Phi) is 3.14. The lowest BCUT2D eigenvalue weighted by Gasteiger charge is -2.00. The second kappa shape index (κ2) is 3.40.